The van der Waals surface area contributed by atoms with E-state index in [2.05, 4.69) is 63.8 Å². The highest BCUT2D eigenvalue weighted by Crippen LogP contribution is 2.42. The van der Waals surface area contributed by atoms with E-state index in [0.29, 0.717) is 12.6 Å². The Balaban J connectivity index is 1.14. The Morgan fingerprint density at radius 1 is 0.860 bits per heavy atom. The smallest absolute Gasteiger partial charge is 0.325 e. The van der Waals surface area contributed by atoms with Crippen molar-refractivity contribution in [3.05, 3.63) is 95.1 Å². The van der Waals surface area contributed by atoms with Crippen LogP contribution in [0.15, 0.2) is 72.8 Å². The number of carbonyl (C=O) groups excluding carboxylic acids is 2. The Morgan fingerprint density at radius 3 is 2.36 bits per heavy atom. The Hall–Kier alpha value is -3.80. The highest BCUT2D eigenvalue weighted by molar-refractivity contribution is 5.80. The lowest BCUT2D eigenvalue weighted by atomic mass is 9.89. The molecule has 0 bridgehead atoms. The van der Waals surface area contributed by atoms with Gasteiger partial charge in [0.25, 0.3) is 0 Å². The van der Waals surface area contributed by atoms with Crippen LogP contribution >= 0.6 is 0 Å². The van der Waals surface area contributed by atoms with Gasteiger partial charge in [0.2, 0.25) is 0 Å². The fourth-order valence-corrected chi connectivity index (χ4v) is 7.47. The molecule has 5 atom stereocenters. The summed E-state index contributed by atoms with van der Waals surface area (Å²) in [4.78, 5) is 29.0. The van der Waals surface area contributed by atoms with Crippen LogP contribution in [0.3, 0.4) is 0 Å². The SMILES string of the molecule is CCOC(=O)CNC(=O)NCc1cccc(-c2ccc([C@H]3O[C@@H](CN4CCC[C@H]4CN4CCCC4)[C@@H](C)[C@@H](c4ccc(CO)cc4)O3)cc2)c1. The number of rotatable bonds is 13. The van der Waals surface area contributed by atoms with Gasteiger partial charge >= 0.3 is 12.0 Å². The van der Waals surface area contributed by atoms with Gasteiger partial charge < -0.3 is 34.9 Å². The number of likely N-dealkylation sites (tertiary alicyclic amines) is 2. The van der Waals surface area contributed by atoms with E-state index in [1.54, 1.807) is 6.92 Å². The number of carbonyl (C=O) groups is 2. The molecule has 268 valence electrons. The lowest BCUT2D eigenvalue weighted by Crippen LogP contribution is -2.48. The number of nitrogens with zero attached hydrogens (tertiary/aromatic N) is 2. The predicted octanol–water partition coefficient (Wildman–Crippen LogP) is 5.56. The van der Waals surface area contributed by atoms with Crippen LogP contribution in [0.1, 0.15) is 74.2 Å². The van der Waals surface area contributed by atoms with Gasteiger partial charge in [-0.15, -0.1) is 0 Å². The molecule has 6 rings (SSSR count). The first-order chi connectivity index (χ1) is 24.4. The van der Waals surface area contributed by atoms with Crippen LogP contribution in [-0.2, 0) is 32.2 Å². The fourth-order valence-electron chi connectivity index (χ4n) is 7.47. The Kier molecular flexibility index (Phi) is 12.5. The van der Waals surface area contributed by atoms with Gasteiger partial charge in [-0.3, -0.25) is 9.69 Å². The molecule has 3 aromatic carbocycles. The van der Waals surface area contributed by atoms with Crippen molar-refractivity contribution in [2.45, 2.75) is 77.2 Å². The topological polar surface area (TPSA) is 113 Å². The largest absolute Gasteiger partial charge is 0.465 e. The zero-order valence-electron chi connectivity index (χ0n) is 29.4. The zero-order chi connectivity index (χ0) is 34.9. The molecule has 3 N–H and O–H groups in total. The Bertz CT molecular complexity index is 1540. The molecule has 10 heteroatoms. The maximum absolute atomic E-state index is 12.2. The minimum atomic E-state index is -0.518. The standard InChI is InChI=1S/C40H52N4O6/c1-3-48-37(46)24-42-40(47)41-23-30-8-6-9-34(22-30)31-15-17-33(18-16-31)39-49-36(26-44-21-7-10-35(44)25-43-19-4-5-20-43)28(2)38(50-39)32-13-11-29(27-45)12-14-32/h6,8-9,11-18,22,28,35-36,38-39,45H,3-5,7,10,19-21,23-27H2,1-2H3,(H2,41,42,47)/t28-,35+,36+,38+,39+/m1/s1. The summed E-state index contributed by atoms with van der Waals surface area (Å²) < 4.78 is 18.4. The van der Waals surface area contributed by atoms with Gasteiger partial charge in [0.1, 0.15) is 6.54 Å². The molecule has 0 aliphatic carbocycles. The van der Waals surface area contributed by atoms with Gasteiger partial charge in [0.15, 0.2) is 6.29 Å². The van der Waals surface area contributed by atoms with Crippen molar-refractivity contribution in [3.8, 4) is 11.1 Å². The maximum Gasteiger partial charge on any atom is 0.325 e. The number of esters is 1. The van der Waals surface area contributed by atoms with E-state index in [1.165, 1.54) is 38.8 Å². The van der Waals surface area contributed by atoms with Gasteiger partial charge in [0.05, 0.1) is 25.4 Å². The van der Waals surface area contributed by atoms with Crippen molar-refractivity contribution in [3.63, 3.8) is 0 Å². The molecule has 0 saturated carbocycles. The van der Waals surface area contributed by atoms with Crippen molar-refractivity contribution in [1.29, 1.82) is 0 Å². The fraction of sp³-hybridized carbons (Fsp3) is 0.500. The minimum absolute atomic E-state index is 0.00574. The summed E-state index contributed by atoms with van der Waals surface area (Å²) in [5, 5.41) is 15.0. The number of benzene rings is 3. The monoisotopic (exact) mass is 684 g/mol. The summed E-state index contributed by atoms with van der Waals surface area (Å²) in [6, 6.07) is 24.6. The number of hydrogen-bond donors (Lipinski definition) is 3. The van der Waals surface area contributed by atoms with Crippen molar-refractivity contribution in [2.75, 3.05) is 45.9 Å². The maximum atomic E-state index is 12.2. The molecule has 3 aromatic rings. The van der Waals surface area contributed by atoms with Gasteiger partial charge in [-0.05, 0) is 86.1 Å². The third-order valence-corrected chi connectivity index (χ3v) is 10.3. The minimum Gasteiger partial charge on any atom is -0.465 e. The molecule has 0 unspecified atom stereocenters. The Labute approximate surface area is 296 Å². The first-order valence-corrected chi connectivity index (χ1v) is 18.2. The number of aliphatic hydroxyl groups is 1. The molecule has 0 radical (unpaired) electrons. The predicted molar refractivity (Wildman–Crippen MR) is 192 cm³/mol. The van der Waals surface area contributed by atoms with Crippen molar-refractivity contribution >= 4 is 12.0 Å². The van der Waals surface area contributed by atoms with E-state index in [9.17, 15) is 14.7 Å². The van der Waals surface area contributed by atoms with Crippen molar-refractivity contribution < 1.29 is 28.9 Å². The third kappa shape index (κ3) is 9.30. The molecule has 3 aliphatic heterocycles. The number of hydrogen-bond acceptors (Lipinski definition) is 8. The molecule has 50 heavy (non-hydrogen) atoms. The molecule has 0 aromatic heterocycles. The lowest BCUT2D eigenvalue weighted by molar-refractivity contribution is -0.276. The number of nitrogens with one attached hydrogen (secondary N) is 2. The second kappa shape index (κ2) is 17.4. The summed E-state index contributed by atoms with van der Waals surface area (Å²) >= 11 is 0. The average molecular weight is 685 g/mol. The first kappa shape index (κ1) is 36.0. The van der Waals surface area contributed by atoms with Gasteiger partial charge in [0, 0.05) is 37.2 Å². The number of urea groups is 1. The lowest BCUT2D eigenvalue weighted by Gasteiger charge is -2.43. The van der Waals surface area contributed by atoms with Crippen LogP contribution in [0.2, 0.25) is 0 Å². The van der Waals surface area contributed by atoms with Gasteiger partial charge in [-0.1, -0.05) is 73.7 Å². The number of ether oxygens (including phenoxy) is 3. The van der Waals surface area contributed by atoms with E-state index in [0.717, 1.165) is 53.0 Å². The quantitative estimate of drug-likeness (QED) is 0.201. The third-order valence-electron chi connectivity index (χ3n) is 10.3. The van der Waals surface area contributed by atoms with E-state index < -0.39 is 18.3 Å². The Morgan fingerprint density at radius 2 is 1.62 bits per heavy atom. The van der Waals surface area contributed by atoms with Gasteiger partial charge in [-0.25, -0.2) is 4.79 Å². The molecule has 3 saturated heterocycles. The van der Waals surface area contributed by atoms with Crippen LogP contribution in [0.4, 0.5) is 4.79 Å². The molecule has 3 fully saturated rings. The molecular weight excluding hydrogens is 632 g/mol. The van der Waals surface area contributed by atoms with Crippen LogP contribution in [0, 0.1) is 5.92 Å². The average Bonchev–Trinajstić information content (AvgIpc) is 3.83. The highest BCUT2D eigenvalue weighted by Gasteiger charge is 2.40. The molecule has 10 nitrogen and oxygen atoms in total. The number of aliphatic hydroxyl groups excluding tert-OH is 1. The van der Waals surface area contributed by atoms with Crippen LogP contribution in [0.25, 0.3) is 11.1 Å². The first-order valence-electron chi connectivity index (χ1n) is 18.2. The number of amides is 2. The normalized spacial score (nSPS) is 24.3. The van der Waals surface area contributed by atoms with E-state index in [-0.39, 0.29) is 37.9 Å². The molecule has 2 amide bonds. The summed E-state index contributed by atoms with van der Waals surface area (Å²) in [5.74, 6) is -0.329. The van der Waals surface area contributed by atoms with Crippen LogP contribution < -0.4 is 10.6 Å². The van der Waals surface area contributed by atoms with E-state index in [4.69, 9.17) is 14.2 Å². The van der Waals surface area contributed by atoms with Gasteiger partial charge in [-0.2, -0.15) is 0 Å². The summed E-state index contributed by atoms with van der Waals surface area (Å²) in [6.07, 6.45) is 4.42. The summed E-state index contributed by atoms with van der Waals surface area (Å²) in [7, 11) is 0. The zero-order valence-corrected chi connectivity index (χ0v) is 29.4. The molecule has 3 heterocycles. The second-order valence-corrected chi connectivity index (χ2v) is 13.8. The molecule has 3 aliphatic rings. The highest BCUT2D eigenvalue weighted by atomic mass is 16.7. The summed E-state index contributed by atoms with van der Waals surface area (Å²) in [6.45, 7) is 9.97. The van der Waals surface area contributed by atoms with E-state index >= 15 is 0 Å². The molecule has 0 spiro atoms. The summed E-state index contributed by atoms with van der Waals surface area (Å²) in [5.41, 5.74) is 5.96. The van der Waals surface area contributed by atoms with E-state index in [1.807, 2.05) is 36.4 Å². The van der Waals surface area contributed by atoms with Crippen LogP contribution in [0.5, 0.6) is 0 Å². The van der Waals surface area contributed by atoms with Crippen LogP contribution in [-0.4, -0.2) is 84.9 Å². The van der Waals surface area contributed by atoms with Crippen molar-refractivity contribution in [2.24, 2.45) is 5.92 Å². The molecular formula is C40H52N4O6. The second-order valence-electron chi connectivity index (χ2n) is 13.8. The van der Waals surface area contributed by atoms with Crippen molar-refractivity contribution in [1.82, 2.24) is 20.4 Å².